The monoisotopic (exact) mass is 338 g/mol. The highest BCUT2D eigenvalue weighted by Crippen LogP contribution is 2.15. The van der Waals surface area contributed by atoms with Gasteiger partial charge >= 0.3 is 10.8 Å². The first-order valence-electron chi connectivity index (χ1n) is 7.28. The summed E-state index contributed by atoms with van der Waals surface area (Å²) in [5, 5.41) is 9.15. The first-order chi connectivity index (χ1) is 11.0. The van der Waals surface area contributed by atoms with Crippen LogP contribution in [0.5, 0.6) is 5.75 Å². The van der Waals surface area contributed by atoms with Crippen molar-refractivity contribution in [3.8, 4) is 5.75 Å². The van der Waals surface area contributed by atoms with Crippen molar-refractivity contribution in [3.05, 3.63) is 48.4 Å². The van der Waals surface area contributed by atoms with E-state index in [9.17, 15) is 14.4 Å². The summed E-state index contributed by atoms with van der Waals surface area (Å²) in [7, 11) is 0. The average molecular weight is 338 g/mol. The van der Waals surface area contributed by atoms with Gasteiger partial charge in [0.05, 0.1) is 13.2 Å². The molecule has 0 aromatic carbocycles. The molecule has 2 aromatic heterocycles. The molecule has 2 heterocycles. The lowest BCUT2D eigenvalue weighted by atomic mass is 10.2. The number of carbonyl (C=O) groups is 1. The lowest BCUT2D eigenvalue weighted by Crippen LogP contribution is -2.19. The molecular formula is C15H18N2O5S. The first-order valence-corrected chi connectivity index (χ1v) is 8.09. The van der Waals surface area contributed by atoms with Crippen LogP contribution in [-0.2, 0) is 13.0 Å². The van der Waals surface area contributed by atoms with E-state index in [2.05, 4.69) is 4.98 Å². The standard InChI is InChI=1S/C15H18N2O5S/c1-3-5-22-12-7-16-9(6-11(12)18)8-17-10(4-2)13(14(19)20)23-15(17)21/h6-7H,3-5,8H2,1-2H3,(H,16,18)(H,19,20). The van der Waals surface area contributed by atoms with Gasteiger partial charge in [-0.25, -0.2) is 4.79 Å². The third-order valence-corrected chi connectivity index (χ3v) is 4.26. The van der Waals surface area contributed by atoms with Crippen LogP contribution in [0.4, 0.5) is 0 Å². The van der Waals surface area contributed by atoms with Gasteiger partial charge in [0.2, 0.25) is 5.43 Å². The molecule has 0 amide bonds. The van der Waals surface area contributed by atoms with E-state index in [4.69, 9.17) is 9.84 Å². The molecule has 0 fully saturated rings. The van der Waals surface area contributed by atoms with Crippen LogP contribution in [0.15, 0.2) is 21.9 Å². The fourth-order valence-electron chi connectivity index (χ4n) is 2.20. The van der Waals surface area contributed by atoms with E-state index in [-0.39, 0.29) is 27.5 Å². The minimum atomic E-state index is -1.11. The molecule has 0 aliphatic carbocycles. The number of H-pyrrole nitrogens is 1. The zero-order valence-corrected chi connectivity index (χ0v) is 13.7. The molecule has 23 heavy (non-hydrogen) atoms. The van der Waals surface area contributed by atoms with E-state index in [0.29, 0.717) is 35.8 Å². The largest absolute Gasteiger partial charge is 0.488 e. The number of carboxylic acid groups (broad SMARTS) is 1. The second-order valence-electron chi connectivity index (χ2n) is 4.92. The number of thiazole rings is 1. The lowest BCUT2D eigenvalue weighted by molar-refractivity contribution is 0.0700. The molecule has 0 atom stereocenters. The fourth-order valence-corrected chi connectivity index (χ4v) is 3.12. The number of aromatic nitrogens is 2. The van der Waals surface area contributed by atoms with Crippen LogP contribution >= 0.6 is 11.3 Å². The number of hydrogen-bond donors (Lipinski definition) is 2. The normalized spacial score (nSPS) is 10.7. The van der Waals surface area contributed by atoms with Crippen molar-refractivity contribution in [1.29, 1.82) is 0 Å². The minimum Gasteiger partial charge on any atom is -0.488 e. The van der Waals surface area contributed by atoms with Gasteiger partial charge in [-0.2, -0.15) is 0 Å². The van der Waals surface area contributed by atoms with Crippen molar-refractivity contribution in [1.82, 2.24) is 9.55 Å². The Balaban J connectivity index is 2.33. The Morgan fingerprint density at radius 2 is 2.13 bits per heavy atom. The van der Waals surface area contributed by atoms with E-state index >= 15 is 0 Å². The van der Waals surface area contributed by atoms with Crippen LogP contribution in [0, 0.1) is 0 Å². The van der Waals surface area contributed by atoms with Gasteiger partial charge in [0.15, 0.2) is 5.75 Å². The number of aromatic amines is 1. The van der Waals surface area contributed by atoms with E-state index in [1.54, 1.807) is 6.92 Å². The number of rotatable bonds is 7. The zero-order valence-electron chi connectivity index (χ0n) is 12.9. The van der Waals surface area contributed by atoms with Crippen LogP contribution in [0.3, 0.4) is 0 Å². The second-order valence-corrected chi connectivity index (χ2v) is 5.89. The molecule has 0 unspecified atom stereocenters. The van der Waals surface area contributed by atoms with Gasteiger partial charge in [0.25, 0.3) is 0 Å². The average Bonchev–Trinajstić information content (AvgIpc) is 2.83. The van der Waals surface area contributed by atoms with E-state index in [1.807, 2.05) is 6.92 Å². The SMILES string of the molecule is CCCOc1c[nH]c(Cn2c(CC)c(C(=O)O)sc2=O)cc1=O. The molecule has 2 rings (SSSR count). The molecule has 124 valence electrons. The summed E-state index contributed by atoms with van der Waals surface area (Å²) in [6, 6.07) is 1.37. The Hall–Kier alpha value is -2.35. The van der Waals surface area contributed by atoms with Crippen LogP contribution in [0.2, 0.25) is 0 Å². The summed E-state index contributed by atoms with van der Waals surface area (Å²) < 4.78 is 6.69. The Kier molecular flexibility index (Phi) is 5.38. The number of aromatic carboxylic acids is 1. The van der Waals surface area contributed by atoms with Crippen molar-refractivity contribution in [3.63, 3.8) is 0 Å². The number of ether oxygens (including phenoxy) is 1. The topological polar surface area (TPSA) is 101 Å². The molecule has 2 aromatic rings. The first kappa shape index (κ1) is 17.0. The molecule has 0 radical (unpaired) electrons. The Morgan fingerprint density at radius 3 is 2.70 bits per heavy atom. The fraction of sp³-hybridized carbons (Fsp3) is 0.400. The van der Waals surface area contributed by atoms with Crippen LogP contribution in [-0.4, -0.2) is 27.2 Å². The lowest BCUT2D eigenvalue weighted by Gasteiger charge is -2.08. The maximum absolute atomic E-state index is 12.0. The van der Waals surface area contributed by atoms with Crippen molar-refractivity contribution in [2.24, 2.45) is 0 Å². The van der Waals surface area contributed by atoms with Crippen LogP contribution in [0.25, 0.3) is 0 Å². The summed E-state index contributed by atoms with van der Waals surface area (Å²) >= 11 is 0.703. The molecule has 0 aliphatic rings. The number of pyridine rings is 1. The van der Waals surface area contributed by atoms with Crippen LogP contribution < -0.4 is 15.0 Å². The predicted octanol–water partition coefficient (Wildman–Crippen LogP) is 1.70. The third-order valence-electron chi connectivity index (χ3n) is 3.25. The number of hydrogen-bond acceptors (Lipinski definition) is 5. The van der Waals surface area contributed by atoms with Crippen LogP contribution in [0.1, 0.15) is 41.3 Å². The minimum absolute atomic E-state index is 0.0442. The highest BCUT2D eigenvalue weighted by molar-refractivity contribution is 7.11. The summed E-state index contributed by atoms with van der Waals surface area (Å²) in [5.41, 5.74) is 0.706. The Morgan fingerprint density at radius 1 is 1.39 bits per heavy atom. The molecular weight excluding hydrogens is 320 g/mol. The van der Waals surface area contributed by atoms with E-state index in [0.717, 1.165) is 6.42 Å². The molecule has 0 saturated heterocycles. The molecule has 0 saturated carbocycles. The third kappa shape index (κ3) is 3.70. The van der Waals surface area contributed by atoms with Gasteiger partial charge in [0.1, 0.15) is 4.88 Å². The second kappa shape index (κ2) is 7.28. The molecule has 0 aliphatic heterocycles. The predicted molar refractivity (Wildman–Crippen MR) is 86.9 cm³/mol. The van der Waals surface area contributed by atoms with E-state index < -0.39 is 5.97 Å². The highest BCUT2D eigenvalue weighted by Gasteiger charge is 2.19. The smallest absolute Gasteiger partial charge is 0.347 e. The van der Waals surface area contributed by atoms with Gasteiger partial charge in [-0.05, 0) is 12.8 Å². The van der Waals surface area contributed by atoms with Crippen molar-refractivity contribution in [2.75, 3.05) is 6.61 Å². The quantitative estimate of drug-likeness (QED) is 0.800. The van der Waals surface area contributed by atoms with Gasteiger partial charge < -0.3 is 14.8 Å². The summed E-state index contributed by atoms with van der Waals surface area (Å²) in [6.07, 6.45) is 2.68. The highest BCUT2D eigenvalue weighted by atomic mass is 32.1. The molecule has 2 N–H and O–H groups in total. The van der Waals surface area contributed by atoms with E-state index in [1.165, 1.54) is 16.8 Å². The van der Waals surface area contributed by atoms with Gasteiger partial charge in [0, 0.05) is 23.7 Å². The zero-order chi connectivity index (χ0) is 17.0. The summed E-state index contributed by atoms with van der Waals surface area (Å²) in [4.78, 5) is 37.8. The maximum Gasteiger partial charge on any atom is 0.347 e. The summed E-state index contributed by atoms with van der Waals surface area (Å²) in [6.45, 7) is 4.30. The van der Waals surface area contributed by atoms with Gasteiger partial charge in [-0.3, -0.25) is 14.2 Å². The van der Waals surface area contributed by atoms with Crippen molar-refractivity contribution in [2.45, 2.75) is 33.2 Å². The molecule has 0 spiro atoms. The molecule has 0 bridgehead atoms. The molecule has 7 nitrogen and oxygen atoms in total. The maximum atomic E-state index is 12.0. The Labute approximate surface area is 136 Å². The number of nitrogens with one attached hydrogen (secondary N) is 1. The summed E-state index contributed by atoms with van der Waals surface area (Å²) in [5.74, 6) is -0.880. The number of nitrogens with zero attached hydrogens (tertiary/aromatic N) is 1. The molecule has 8 heteroatoms. The number of carboxylic acids is 1. The van der Waals surface area contributed by atoms with Gasteiger partial charge in [-0.1, -0.05) is 25.2 Å². The van der Waals surface area contributed by atoms with Crippen molar-refractivity contribution < 1.29 is 14.6 Å². The Bertz CT molecular complexity index is 818. The van der Waals surface area contributed by atoms with Gasteiger partial charge in [-0.15, -0.1) is 0 Å². The van der Waals surface area contributed by atoms with Crippen molar-refractivity contribution >= 4 is 17.3 Å².